The van der Waals surface area contributed by atoms with Crippen LogP contribution < -0.4 is 4.74 Å². The number of rotatable bonds is 3. The number of nitrogens with zero attached hydrogens (tertiary/aromatic N) is 1. The molecule has 0 saturated heterocycles. The molecule has 0 aliphatic carbocycles. The van der Waals surface area contributed by atoms with Crippen molar-refractivity contribution in [1.29, 1.82) is 0 Å². The monoisotopic (exact) mass is 327 g/mol. The molecule has 0 spiro atoms. The van der Waals surface area contributed by atoms with Crippen LogP contribution in [0.4, 0.5) is 13.2 Å². The summed E-state index contributed by atoms with van der Waals surface area (Å²) in [4.78, 5) is 4.19. The predicted molar refractivity (Wildman–Crippen MR) is 76.0 cm³/mol. The van der Waals surface area contributed by atoms with Crippen molar-refractivity contribution in [2.45, 2.75) is 6.18 Å². The number of halogens is 4. The van der Waals surface area contributed by atoms with E-state index in [1.54, 1.807) is 18.2 Å². The normalized spacial score (nSPS) is 11.8. The zero-order valence-corrected chi connectivity index (χ0v) is 11.8. The summed E-state index contributed by atoms with van der Waals surface area (Å²) in [5.74, 6) is 0.123. The highest BCUT2D eigenvalue weighted by Gasteiger charge is 2.28. The molecule has 0 aliphatic heterocycles. The molecule has 3 aromatic rings. The topological polar surface area (TPSA) is 35.3 Å². The minimum atomic E-state index is -4.38. The second-order valence-corrected chi connectivity index (χ2v) is 5.02. The Hall–Kier alpha value is -2.21. The third kappa shape index (κ3) is 3.17. The smallest absolute Gasteiger partial charge is 0.422 e. The SMILES string of the molecule is FC(F)(F)COc1cccc(-c2coc3cc(Cl)cnc23)c1. The van der Waals surface area contributed by atoms with Crippen molar-refractivity contribution in [3.8, 4) is 16.9 Å². The summed E-state index contributed by atoms with van der Waals surface area (Å²) in [5.41, 5.74) is 2.39. The predicted octanol–water partition coefficient (Wildman–Crippen LogP) is 5.09. The van der Waals surface area contributed by atoms with Gasteiger partial charge in [0.1, 0.15) is 17.5 Å². The number of benzene rings is 1. The molecule has 1 aromatic carbocycles. The number of hydrogen-bond donors (Lipinski definition) is 0. The van der Waals surface area contributed by atoms with E-state index in [1.165, 1.54) is 24.6 Å². The van der Waals surface area contributed by atoms with Crippen molar-refractivity contribution in [2.75, 3.05) is 6.61 Å². The molecule has 2 heterocycles. The van der Waals surface area contributed by atoms with Gasteiger partial charge in [0.15, 0.2) is 12.2 Å². The first-order valence-corrected chi connectivity index (χ1v) is 6.63. The highest BCUT2D eigenvalue weighted by molar-refractivity contribution is 6.31. The molecule has 3 rings (SSSR count). The van der Waals surface area contributed by atoms with Gasteiger partial charge in [-0.25, -0.2) is 0 Å². The van der Waals surface area contributed by atoms with Crippen LogP contribution in [0.25, 0.3) is 22.2 Å². The Bertz CT molecular complexity index is 814. The van der Waals surface area contributed by atoms with E-state index in [-0.39, 0.29) is 5.75 Å². The minimum absolute atomic E-state index is 0.123. The van der Waals surface area contributed by atoms with Gasteiger partial charge in [-0.05, 0) is 17.7 Å². The lowest BCUT2D eigenvalue weighted by Crippen LogP contribution is -2.19. The maximum absolute atomic E-state index is 12.2. The van der Waals surface area contributed by atoms with Crippen LogP contribution in [0.5, 0.6) is 5.75 Å². The molecule has 22 heavy (non-hydrogen) atoms. The summed E-state index contributed by atoms with van der Waals surface area (Å²) in [5, 5.41) is 0.440. The number of aromatic nitrogens is 1. The molecular formula is C15H9ClF3NO2. The van der Waals surface area contributed by atoms with Gasteiger partial charge in [0.05, 0.1) is 5.02 Å². The van der Waals surface area contributed by atoms with E-state index in [4.69, 9.17) is 20.8 Å². The lowest BCUT2D eigenvalue weighted by atomic mass is 10.1. The standard InChI is InChI=1S/C15H9ClF3NO2/c16-10-5-13-14(20-6-10)12(7-21-13)9-2-1-3-11(4-9)22-8-15(17,18)19/h1-7H,8H2. The quantitative estimate of drug-likeness (QED) is 0.672. The first-order valence-electron chi connectivity index (χ1n) is 6.25. The van der Waals surface area contributed by atoms with Crippen molar-refractivity contribution in [3.63, 3.8) is 0 Å². The molecule has 0 unspecified atom stereocenters. The van der Waals surface area contributed by atoms with Gasteiger partial charge in [-0.2, -0.15) is 13.2 Å². The average molecular weight is 328 g/mol. The van der Waals surface area contributed by atoms with Crippen LogP contribution in [0.2, 0.25) is 5.02 Å². The van der Waals surface area contributed by atoms with Gasteiger partial charge in [0.25, 0.3) is 0 Å². The fourth-order valence-electron chi connectivity index (χ4n) is 2.01. The third-order valence-corrected chi connectivity index (χ3v) is 3.13. The Labute approximate surface area is 128 Å². The zero-order chi connectivity index (χ0) is 15.7. The number of fused-ring (bicyclic) bond motifs is 1. The minimum Gasteiger partial charge on any atom is -0.484 e. The average Bonchev–Trinajstić information content (AvgIpc) is 2.87. The lowest BCUT2D eigenvalue weighted by molar-refractivity contribution is -0.153. The molecule has 0 atom stereocenters. The molecule has 0 saturated carbocycles. The number of hydrogen-bond acceptors (Lipinski definition) is 3. The summed E-state index contributed by atoms with van der Waals surface area (Å²) in [6, 6.07) is 7.93. The Morgan fingerprint density at radius 3 is 2.82 bits per heavy atom. The van der Waals surface area contributed by atoms with E-state index in [0.717, 1.165) is 0 Å². The van der Waals surface area contributed by atoms with E-state index >= 15 is 0 Å². The highest BCUT2D eigenvalue weighted by Crippen LogP contribution is 2.32. The lowest BCUT2D eigenvalue weighted by Gasteiger charge is -2.09. The van der Waals surface area contributed by atoms with Gasteiger partial charge in [0, 0.05) is 17.8 Å². The fourth-order valence-corrected chi connectivity index (χ4v) is 2.16. The van der Waals surface area contributed by atoms with Gasteiger partial charge in [-0.3, -0.25) is 4.98 Å². The van der Waals surface area contributed by atoms with Crippen molar-refractivity contribution < 1.29 is 22.3 Å². The zero-order valence-electron chi connectivity index (χ0n) is 11.0. The maximum atomic E-state index is 12.2. The fraction of sp³-hybridized carbons (Fsp3) is 0.133. The second kappa shape index (κ2) is 5.53. The number of pyridine rings is 1. The molecule has 3 nitrogen and oxygen atoms in total. The molecule has 114 valence electrons. The van der Waals surface area contributed by atoms with Gasteiger partial charge in [-0.1, -0.05) is 23.7 Å². The number of ether oxygens (including phenoxy) is 1. The summed E-state index contributed by atoms with van der Waals surface area (Å²) in [6.45, 7) is -1.34. The van der Waals surface area contributed by atoms with Gasteiger partial charge in [-0.15, -0.1) is 0 Å². The molecule has 0 aliphatic rings. The molecule has 0 radical (unpaired) electrons. The van der Waals surface area contributed by atoms with Crippen LogP contribution in [0.1, 0.15) is 0 Å². The van der Waals surface area contributed by atoms with Crippen molar-refractivity contribution >= 4 is 22.7 Å². The number of furan rings is 1. The second-order valence-electron chi connectivity index (χ2n) is 4.58. The molecule has 0 N–H and O–H groups in total. The van der Waals surface area contributed by atoms with E-state index in [9.17, 15) is 13.2 Å². The molecule has 0 amide bonds. The molecule has 0 bridgehead atoms. The van der Waals surface area contributed by atoms with E-state index in [0.29, 0.717) is 27.2 Å². The van der Waals surface area contributed by atoms with Crippen molar-refractivity contribution in [2.24, 2.45) is 0 Å². The van der Waals surface area contributed by atoms with E-state index in [1.807, 2.05) is 0 Å². The van der Waals surface area contributed by atoms with Crippen LogP contribution >= 0.6 is 11.6 Å². The van der Waals surface area contributed by atoms with Crippen LogP contribution in [0.3, 0.4) is 0 Å². The molecule has 7 heteroatoms. The summed E-state index contributed by atoms with van der Waals surface area (Å²) in [6.07, 6.45) is -1.42. The van der Waals surface area contributed by atoms with Gasteiger partial charge < -0.3 is 9.15 Å². The van der Waals surface area contributed by atoms with Crippen LogP contribution in [0, 0.1) is 0 Å². The Kier molecular flexibility index (Phi) is 3.70. The Balaban J connectivity index is 1.94. The van der Waals surface area contributed by atoms with Crippen molar-refractivity contribution in [3.05, 3.63) is 47.8 Å². The first-order chi connectivity index (χ1) is 10.4. The van der Waals surface area contributed by atoms with Crippen LogP contribution in [-0.4, -0.2) is 17.8 Å². The molecule has 2 aromatic heterocycles. The van der Waals surface area contributed by atoms with Gasteiger partial charge >= 0.3 is 6.18 Å². The molecular weight excluding hydrogens is 319 g/mol. The third-order valence-electron chi connectivity index (χ3n) is 2.93. The Morgan fingerprint density at radius 1 is 1.23 bits per heavy atom. The largest absolute Gasteiger partial charge is 0.484 e. The van der Waals surface area contributed by atoms with Crippen LogP contribution in [0.15, 0.2) is 47.2 Å². The Morgan fingerprint density at radius 2 is 2.05 bits per heavy atom. The van der Waals surface area contributed by atoms with Crippen LogP contribution in [-0.2, 0) is 0 Å². The number of alkyl halides is 3. The molecule has 0 fully saturated rings. The maximum Gasteiger partial charge on any atom is 0.422 e. The van der Waals surface area contributed by atoms with Gasteiger partial charge in [0.2, 0.25) is 0 Å². The highest BCUT2D eigenvalue weighted by atomic mass is 35.5. The summed E-state index contributed by atoms with van der Waals surface area (Å²) < 4.78 is 46.7. The van der Waals surface area contributed by atoms with E-state index in [2.05, 4.69) is 4.98 Å². The van der Waals surface area contributed by atoms with Crippen molar-refractivity contribution in [1.82, 2.24) is 4.98 Å². The summed E-state index contributed by atoms with van der Waals surface area (Å²) in [7, 11) is 0. The van der Waals surface area contributed by atoms with E-state index < -0.39 is 12.8 Å². The first kappa shape index (κ1) is 14.7. The summed E-state index contributed by atoms with van der Waals surface area (Å²) >= 11 is 5.83.